The van der Waals surface area contributed by atoms with Crippen LogP contribution in [-0.2, 0) is 54.9 Å². The molecule has 0 bridgehead atoms. The van der Waals surface area contributed by atoms with E-state index < -0.39 is 88.8 Å². The number of carbonyl (C=O) groups is 6. The molecule has 3 heterocycles. The number of hydrogen-bond acceptors (Lipinski definition) is 15. The highest BCUT2D eigenvalue weighted by Gasteiger charge is 2.75. The van der Waals surface area contributed by atoms with Crippen molar-refractivity contribution in [3.63, 3.8) is 0 Å². The summed E-state index contributed by atoms with van der Waals surface area (Å²) in [4.78, 5) is 98.5. The van der Waals surface area contributed by atoms with Crippen LogP contribution in [0.25, 0.3) is 0 Å². The molecular weight excluding hydrogens is 893 g/mol. The smallest absolute Gasteiger partial charge is 0.421 e. The number of aliphatic hydroxyl groups is 1. The van der Waals surface area contributed by atoms with E-state index in [1.54, 1.807) is 71.6 Å². The molecule has 3 aliphatic rings. The maximum absolute atomic E-state index is 16.1. The third kappa shape index (κ3) is 8.60. The minimum atomic E-state index is -2.23. The average Bonchev–Trinajstić information content (AvgIpc) is 3.83. The fraction of sp³-hybridized carbons (Fsp3) is 0.255. The van der Waals surface area contributed by atoms with Gasteiger partial charge in [0, 0.05) is 24.1 Å². The summed E-state index contributed by atoms with van der Waals surface area (Å²) in [7, 11) is 2.23. The van der Waals surface area contributed by atoms with E-state index in [1.165, 1.54) is 42.5 Å². The summed E-state index contributed by atoms with van der Waals surface area (Å²) in [6.45, 7) is -0.733. The molecule has 352 valence electrons. The number of nitro benzene ring substituents is 1. The summed E-state index contributed by atoms with van der Waals surface area (Å²) in [5.41, 5.74) is 6.23. The topological polar surface area (TPSA) is 244 Å². The molecule has 8 rings (SSSR count). The Hall–Kier alpha value is -8.40. The number of amides is 3. The van der Waals surface area contributed by atoms with Crippen molar-refractivity contribution in [2.75, 3.05) is 32.3 Å². The highest BCUT2D eigenvalue weighted by Crippen LogP contribution is 2.65. The van der Waals surface area contributed by atoms with Crippen molar-refractivity contribution in [1.82, 2.24) is 4.90 Å². The lowest BCUT2D eigenvalue weighted by molar-refractivity contribution is -0.384. The number of aliphatic hydroxyl groups excluding tert-OH is 1. The molecule has 6 atom stereocenters. The van der Waals surface area contributed by atoms with Gasteiger partial charge in [0.2, 0.25) is 11.8 Å². The number of nitrogens with two attached hydrogens (primary N) is 1. The van der Waals surface area contributed by atoms with Gasteiger partial charge < -0.3 is 34.5 Å². The molecule has 1 spiro atoms. The van der Waals surface area contributed by atoms with Gasteiger partial charge in [-0.1, -0.05) is 84.6 Å². The second kappa shape index (κ2) is 19.8. The summed E-state index contributed by atoms with van der Waals surface area (Å²) in [6.07, 6.45) is -2.53. The maximum Gasteiger partial charge on any atom is 0.421 e. The van der Waals surface area contributed by atoms with Crippen LogP contribution < -0.4 is 15.4 Å². The van der Waals surface area contributed by atoms with Crippen LogP contribution in [0.5, 0.6) is 5.75 Å². The van der Waals surface area contributed by atoms with E-state index in [0.29, 0.717) is 28.0 Å². The molecule has 3 amide bonds. The van der Waals surface area contributed by atoms with Crippen molar-refractivity contribution >= 4 is 47.2 Å². The molecule has 3 aliphatic heterocycles. The van der Waals surface area contributed by atoms with E-state index in [2.05, 4.69) is 11.8 Å². The number of hydrogen-bond donors (Lipinski definition) is 2. The summed E-state index contributed by atoms with van der Waals surface area (Å²) < 4.78 is 27.4. The van der Waals surface area contributed by atoms with E-state index in [4.69, 9.17) is 29.4 Å². The third-order valence-corrected chi connectivity index (χ3v) is 12.5. The SMILES string of the molecule is COC(=O)C(CC#Cc1ccc2c(c1)[C@]1(C(=O)N2C(=O)OCc2ccc([N+](=O)[O-])cc2)[C@H](C(N)=O)[C@H]2C(=O)O[C@H](c3ccccc3)[C@H](c3ccccc3)N2[C@@H]1c1ccc(OCCO)cc1)C(=O)OC. The summed E-state index contributed by atoms with van der Waals surface area (Å²) >= 11 is 0. The fourth-order valence-corrected chi connectivity index (χ4v) is 9.63. The van der Waals surface area contributed by atoms with Crippen LogP contribution in [-0.4, -0.2) is 84.2 Å². The Balaban J connectivity index is 1.37. The third-order valence-electron chi connectivity index (χ3n) is 12.5. The van der Waals surface area contributed by atoms with Gasteiger partial charge in [0.05, 0.1) is 49.4 Å². The number of rotatable bonds is 13. The Bertz CT molecular complexity index is 2850. The Kier molecular flexibility index (Phi) is 13.5. The predicted octanol–water partition coefficient (Wildman–Crippen LogP) is 5.16. The predicted molar refractivity (Wildman–Crippen MR) is 242 cm³/mol. The van der Waals surface area contributed by atoms with Crippen LogP contribution >= 0.6 is 0 Å². The lowest BCUT2D eigenvalue weighted by atomic mass is 9.65. The van der Waals surface area contributed by atoms with Crippen LogP contribution in [0.1, 0.15) is 58.0 Å². The second-order valence-electron chi connectivity index (χ2n) is 16.3. The van der Waals surface area contributed by atoms with Crippen molar-refractivity contribution < 1.29 is 62.5 Å². The molecule has 3 N–H and O–H groups in total. The maximum atomic E-state index is 16.1. The van der Waals surface area contributed by atoms with Gasteiger partial charge in [-0.2, -0.15) is 0 Å². The van der Waals surface area contributed by atoms with E-state index in [9.17, 15) is 39.2 Å². The van der Waals surface area contributed by atoms with Gasteiger partial charge in [-0.05, 0) is 70.3 Å². The lowest BCUT2D eigenvalue weighted by Crippen LogP contribution is -2.55. The number of methoxy groups -OCH3 is 2. The minimum Gasteiger partial charge on any atom is -0.491 e. The van der Waals surface area contributed by atoms with Gasteiger partial charge in [-0.25, -0.2) is 9.69 Å². The Labute approximate surface area is 394 Å². The molecule has 2 fully saturated rings. The molecule has 69 heavy (non-hydrogen) atoms. The quantitative estimate of drug-likeness (QED) is 0.0387. The highest BCUT2D eigenvalue weighted by atomic mass is 16.6. The van der Waals surface area contributed by atoms with Gasteiger partial charge >= 0.3 is 24.0 Å². The van der Waals surface area contributed by atoms with Crippen molar-refractivity contribution in [2.45, 2.75) is 42.7 Å². The zero-order chi connectivity index (χ0) is 49.0. The van der Waals surface area contributed by atoms with Crippen molar-refractivity contribution in [1.29, 1.82) is 0 Å². The van der Waals surface area contributed by atoms with E-state index in [-0.39, 0.29) is 42.1 Å². The molecule has 0 saturated carbocycles. The molecule has 0 aliphatic carbocycles. The Morgan fingerprint density at radius 1 is 0.841 bits per heavy atom. The number of imide groups is 1. The van der Waals surface area contributed by atoms with Gasteiger partial charge in [-0.3, -0.25) is 39.0 Å². The minimum absolute atomic E-state index is 0.0298. The second-order valence-corrected chi connectivity index (χ2v) is 16.3. The normalized spacial score (nSPS) is 21.3. The summed E-state index contributed by atoms with van der Waals surface area (Å²) in [6, 6.07) is 30.5. The highest BCUT2D eigenvalue weighted by molar-refractivity contribution is 6.23. The molecule has 0 unspecified atom stereocenters. The molecule has 0 radical (unpaired) electrons. The standard InChI is InChI=1S/C51H44N4O14/c1-65-46(58)37(47(59)66-2)15-9-10-30-18-25-39-38(28-30)51(49(61)53(39)50(62)68-29-31-16-21-35(22-17-31)55(63)64)40(45(52)57)42-48(60)69-43(33-13-7-4-8-14-33)41(32-11-5-3-6-12-32)54(42)44(51)34-19-23-36(24-20-34)67-27-26-56/h3-8,11-14,16-25,28,37,40-44,56H,15,26-27,29H2,1-2H3,(H2,52,57)/t40-,41-,42-,43+,44+,51-/m0/s1. The van der Waals surface area contributed by atoms with Crippen LogP contribution in [0.2, 0.25) is 0 Å². The number of carbonyl (C=O) groups excluding carboxylic acids is 6. The summed E-state index contributed by atoms with van der Waals surface area (Å²) in [5, 5.41) is 20.8. The zero-order valence-electron chi connectivity index (χ0n) is 37.1. The molecule has 18 heteroatoms. The number of morpholine rings is 1. The van der Waals surface area contributed by atoms with Crippen molar-refractivity contribution in [2.24, 2.45) is 17.6 Å². The first-order chi connectivity index (χ1) is 33.3. The number of esters is 3. The first kappa shape index (κ1) is 47.1. The number of non-ortho nitro benzene ring substituents is 1. The number of ether oxygens (including phenoxy) is 5. The monoisotopic (exact) mass is 936 g/mol. The molecule has 5 aromatic rings. The largest absolute Gasteiger partial charge is 0.491 e. The number of cyclic esters (lactones) is 1. The van der Waals surface area contributed by atoms with E-state index in [0.717, 1.165) is 19.1 Å². The number of primary amides is 1. The van der Waals surface area contributed by atoms with Crippen LogP contribution in [0.15, 0.2) is 127 Å². The summed E-state index contributed by atoms with van der Waals surface area (Å²) in [5.74, 6) is -1.73. The Morgan fingerprint density at radius 3 is 2.07 bits per heavy atom. The van der Waals surface area contributed by atoms with E-state index >= 15 is 4.79 Å². The van der Waals surface area contributed by atoms with Gasteiger partial charge in [-0.15, -0.1) is 0 Å². The van der Waals surface area contributed by atoms with Gasteiger partial charge in [0.15, 0.2) is 5.92 Å². The first-order valence-electron chi connectivity index (χ1n) is 21.6. The first-order valence-corrected chi connectivity index (χ1v) is 21.6. The number of anilines is 1. The van der Waals surface area contributed by atoms with Gasteiger partial charge in [0.25, 0.3) is 5.69 Å². The number of benzene rings is 5. The lowest BCUT2D eigenvalue weighted by Gasteiger charge is -2.46. The van der Waals surface area contributed by atoms with Crippen LogP contribution in [0.4, 0.5) is 16.2 Å². The molecule has 2 saturated heterocycles. The Morgan fingerprint density at radius 2 is 1.48 bits per heavy atom. The molecular formula is C51H44N4O14. The number of nitro groups is 1. The molecule has 18 nitrogen and oxygen atoms in total. The number of nitrogens with zero attached hydrogens (tertiary/aromatic N) is 3. The van der Waals surface area contributed by atoms with E-state index in [1.807, 2.05) is 18.2 Å². The number of fused-ring (bicyclic) bond motifs is 3. The molecule has 5 aromatic carbocycles. The molecule has 0 aromatic heterocycles. The van der Waals surface area contributed by atoms with Crippen LogP contribution in [0.3, 0.4) is 0 Å². The van der Waals surface area contributed by atoms with Crippen LogP contribution in [0, 0.1) is 33.8 Å². The average molecular weight is 937 g/mol. The zero-order valence-corrected chi connectivity index (χ0v) is 37.1. The van der Waals surface area contributed by atoms with Crippen molar-refractivity contribution in [3.8, 4) is 17.6 Å². The fourth-order valence-electron chi connectivity index (χ4n) is 9.63. The van der Waals surface area contributed by atoms with Gasteiger partial charge in [0.1, 0.15) is 36.5 Å². The van der Waals surface area contributed by atoms with Crippen molar-refractivity contribution in [3.05, 3.63) is 171 Å².